The first-order valence-electron chi connectivity index (χ1n) is 7.81. The molecular weight excluding hydrogens is 443 g/mol. The third-order valence-corrected chi connectivity index (χ3v) is 5.53. The Bertz CT molecular complexity index is 1120. The molecule has 0 aromatic carbocycles. The molecular formula is C15H17N4O7PS2. The van der Waals surface area contributed by atoms with Gasteiger partial charge in [0.1, 0.15) is 11.1 Å². The molecule has 11 nitrogen and oxygen atoms in total. The number of thiocarbonyl (C=S) groups is 1. The Morgan fingerprint density at radius 2 is 1.48 bits per heavy atom. The molecule has 1 fully saturated rings. The molecule has 14 heteroatoms. The van der Waals surface area contributed by atoms with E-state index in [2.05, 4.69) is 4.52 Å². The molecule has 2 rings (SSSR count). The van der Waals surface area contributed by atoms with Crippen LogP contribution >= 0.6 is 32.3 Å². The van der Waals surface area contributed by atoms with Gasteiger partial charge in [-0.1, -0.05) is 6.08 Å². The molecule has 2 heterocycles. The first-order valence-corrected chi connectivity index (χ1v) is 10.2. The maximum Gasteiger partial charge on any atom is 0.526 e. The van der Waals surface area contributed by atoms with Crippen molar-refractivity contribution in [2.75, 3.05) is 14.1 Å². The molecule has 0 aliphatic carbocycles. The normalized spacial score (nSPS) is 15.5. The summed E-state index contributed by atoms with van der Waals surface area (Å²) in [5.41, 5.74) is -1.14. The lowest BCUT2D eigenvalue weighted by Crippen LogP contribution is -2.52. The second-order valence-electron chi connectivity index (χ2n) is 5.96. The van der Waals surface area contributed by atoms with Crippen LogP contribution in [0.15, 0.2) is 22.5 Å². The van der Waals surface area contributed by atoms with Crippen molar-refractivity contribution in [2.45, 2.75) is 0 Å². The molecule has 1 aliphatic rings. The predicted molar refractivity (Wildman–Crippen MR) is 109 cm³/mol. The summed E-state index contributed by atoms with van der Waals surface area (Å²) in [7, 11) is 0.564. The van der Waals surface area contributed by atoms with Crippen molar-refractivity contribution in [2.24, 2.45) is 14.1 Å². The van der Waals surface area contributed by atoms with Crippen molar-refractivity contribution in [3.8, 4) is 5.88 Å². The van der Waals surface area contributed by atoms with Crippen molar-refractivity contribution < 1.29 is 28.5 Å². The molecule has 0 radical (unpaired) electrons. The molecule has 0 unspecified atom stereocenters. The monoisotopic (exact) mass is 460 g/mol. The van der Waals surface area contributed by atoms with Gasteiger partial charge in [-0.05, 0) is 36.6 Å². The summed E-state index contributed by atoms with van der Waals surface area (Å²) >= 11 is 10.0. The average Bonchev–Trinajstić information content (AvgIpc) is 2.65. The van der Waals surface area contributed by atoms with Crippen molar-refractivity contribution in [1.29, 1.82) is 0 Å². The summed E-state index contributed by atoms with van der Waals surface area (Å²) in [5, 5.41) is 0.0420. The predicted octanol–water partition coefficient (Wildman–Crippen LogP) is 0.0797. The average molecular weight is 460 g/mol. The molecule has 1 saturated heterocycles. The molecule has 1 aromatic rings. The van der Waals surface area contributed by atoms with E-state index < -0.39 is 31.1 Å². The van der Waals surface area contributed by atoms with E-state index in [0.29, 0.717) is 0 Å². The minimum atomic E-state index is -5.00. The molecule has 1 aromatic heterocycles. The number of carbonyl (C=O) groups excluding carboxylic acids is 2. The highest BCUT2D eigenvalue weighted by Crippen LogP contribution is 2.38. The molecule has 0 saturated carbocycles. The molecule has 0 bridgehead atoms. The summed E-state index contributed by atoms with van der Waals surface area (Å²) in [6.07, 6.45) is 3.54. The Kier molecular flexibility index (Phi) is 6.40. The van der Waals surface area contributed by atoms with Crippen LogP contribution in [0.1, 0.15) is 5.56 Å². The topological polar surface area (TPSA) is 134 Å². The van der Waals surface area contributed by atoms with E-state index in [1.165, 1.54) is 40.3 Å². The van der Waals surface area contributed by atoms with Gasteiger partial charge in [0.05, 0.1) is 0 Å². The molecule has 2 N–H and O–H groups in total. The molecule has 29 heavy (non-hydrogen) atoms. The third kappa shape index (κ3) is 4.43. The largest absolute Gasteiger partial charge is 0.526 e. The van der Waals surface area contributed by atoms with Gasteiger partial charge >= 0.3 is 7.82 Å². The van der Waals surface area contributed by atoms with E-state index in [1.807, 2.05) is 0 Å². The van der Waals surface area contributed by atoms with Gasteiger partial charge < -0.3 is 4.52 Å². The Hall–Kier alpha value is -2.44. The first-order chi connectivity index (χ1) is 13.3. The zero-order chi connectivity index (χ0) is 22.3. The van der Waals surface area contributed by atoms with Crippen molar-refractivity contribution in [3.63, 3.8) is 0 Å². The first kappa shape index (κ1) is 22.8. The van der Waals surface area contributed by atoms with Crippen LogP contribution in [0.25, 0.3) is 6.08 Å². The van der Waals surface area contributed by atoms with Gasteiger partial charge in [-0.3, -0.25) is 43.1 Å². The number of amides is 2. The number of phosphoric acid groups is 1. The van der Waals surface area contributed by atoms with E-state index in [1.54, 1.807) is 0 Å². The Morgan fingerprint density at radius 1 is 0.966 bits per heavy atom. The highest BCUT2D eigenvalue weighted by atomic mass is 32.1. The quantitative estimate of drug-likeness (QED) is 0.277. The van der Waals surface area contributed by atoms with Gasteiger partial charge in [0.2, 0.25) is 5.88 Å². The number of allylic oxidation sites excluding steroid dienone is 2. The third-order valence-electron chi connectivity index (χ3n) is 4.02. The standard InChI is InChI=1S/C15H17N4O7PS2/c1-16-10(20)8(11(21)17(2)14(16)28)6-5-7-9-12(22)18(3)15(29)19(4)13(9)26-27(23,24)25/h5-7H,1-4H3,(H2,23,24,25)/b7-5+. The summed E-state index contributed by atoms with van der Waals surface area (Å²) in [6.45, 7) is 0. The number of rotatable bonds is 4. The van der Waals surface area contributed by atoms with Gasteiger partial charge in [-0.25, -0.2) is 4.57 Å². The van der Waals surface area contributed by atoms with Crippen LogP contribution in [0.4, 0.5) is 0 Å². The van der Waals surface area contributed by atoms with Gasteiger partial charge in [-0.2, -0.15) is 0 Å². The van der Waals surface area contributed by atoms with E-state index in [-0.39, 0.29) is 21.0 Å². The fraction of sp³-hybridized carbons (Fsp3) is 0.267. The Labute approximate surface area is 175 Å². The summed E-state index contributed by atoms with van der Waals surface area (Å²) < 4.78 is 18.1. The number of likely N-dealkylation sites (N-methyl/N-ethyl adjacent to an activating group) is 2. The van der Waals surface area contributed by atoms with Crippen LogP contribution in [0.3, 0.4) is 0 Å². The van der Waals surface area contributed by atoms with Crippen LogP contribution < -0.4 is 10.1 Å². The summed E-state index contributed by atoms with van der Waals surface area (Å²) in [4.78, 5) is 57.6. The number of hydrogen-bond acceptors (Lipinski definition) is 7. The lowest BCUT2D eigenvalue weighted by molar-refractivity contribution is -0.132. The van der Waals surface area contributed by atoms with E-state index in [9.17, 15) is 18.9 Å². The smallest absolute Gasteiger partial charge is 0.387 e. The lowest BCUT2D eigenvalue weighted by atomic mass is 10.1. The number of carbonyl (C=O) groups is 2. The SMILES string of the molecule is CN1C(=O)C(=C/C=C/c2c(OP(=O)(O)O)n(C)c(=S)n(C)c2=O)C(=O)N(C)C1=S. The number of phosphoric ester groups is 1. The Morgan fingerprint density at radius 3 is 1.97 bits per heavy atom. The zero-order valence-corrected chi connectivity index (χ0v) is 18.2. The van der Waals surface area contributed by atoms with Gasteiger partial charge in [0, 0.05) is 28.2 Å². The molecule has 156 valence electrons. The van der Waals surface area contributed by atoms with Crippen LogP contribution in [-0.2, 0) is 28.2 Å². The summed E-state index contributed by atoms with van der Waals surface area (Å²) in [6, 6.07) is 0. The molecule has 0 atom stereocenters. The van der Waals surface area contributed by atoms with Crippen LogP contribution in [0.2, 0.25) is 0 Å². The molecule has 2 amide bonds. The maximum absolute atomic E-state index is 12.5. The van der Waals surface area contributed by atoms with E-state index >= 15 is 0 Å². The number of hydrogen-bond donors (Lipinski definition) is 2. The zero-order valence-electron chi connectivity index (χ0n) is 15.7. The highest BCUT2D eigenvalue weighted by molar-refractivity contribution is 7.80. The minimum Gasteiger partial charge on any atom is -0.387 e. The fourth-order valence-corrected chi connectivity index (χ4v) is 3.23. The minimum absolute atomic E-state index is 0.0386. The van der Waals surface area contributed by atoms with E-state index in [0.717, 1.165) is 25.0 Å². The van der Waals surface area contributed by atoms with Gasteiger partial charge in [0.15, 0.2) is 9.88 Å². The fourth-order valence-electron chi connectivity index (χ4n) is 2.45. The van der Waals surface area contributed by atoms with Crippen LogP contribution in [-0.4, -0.2) is 59.7 Å². The van der Waals surface area contributed by atoms with E-state index in [4.69, 9.17) is 34.2 Å². The number of nitrogens with zero attached hydrogens (tertiary/aromatic N) is 4. The highest BCUT2D eigenvalue weighted by Gasteiger charge is 2.34. The van der Waals surface area contributed by atoms with Crippen LogP contribution in [0, 0.1) is 4.77 Å². The van der Waals surface area contributed by atoms with Gasteiger partial charge in [0.25, 0.3) is 17.4 Å². The van der Waals surface area contributed by atoms with Crippen LogP contribution in [0.5, 0.6) is 5.88 Å². The van der Waals surface area contributed by atoms with Gasteiger partial charge in [-0.15, -0.1) is 0 Å². The second kappa shape index (κ2) is 8.13. The molecule has 1 aliphatic heterocycles. The second-order valence-corrected chi connectivity index (χ2v) is 7.85. The van der Waals surface area contributed by atoms with Crippen molar-refractivity contribution in [3.05, 3.63) is 38.4 Å². The van der Waals surface area contributed by atoms with Crippen molar-refractivity contribution >= 4 is 55.3 Å². The van der Waals surface area contributed by atoms with Crippen molar-refractivity contribution in [1.82, 2.24) is 18.9 Å². The maximum atomic E-state index is 12.5. The Balaban J connectivity index is 2.59. The summed E-state index contributed by atoms with van der Waals surface area (Å²) in [5.74, 6) is -1.72. The number of aromatic nitrogens is 2. The molecule has 0 spiro atoms. The lowest BCUT2D eigenvalue weighted by Gasteiger charge is -2.31.